The van der Waals surface area contributed by atoms with Gasteiger partial charge in [-0.2, -0.15) is 0 Å². The predicted molar refractivity (Wildman–Crippen MR) is 47.9 cm³/mol. The highest BCUT2D eigenvalue weighted by Gasteiger charge is 2.40. The zero-order valence-electron chi connectivity index (χ0n) is 6.12. The molecule has 2 nitrogen and oxygen atoms in total. The van der Waals surface area contributed by atoms with Crippen molar-refractivity contribution < 1.29 is 4.79 Å². The first-order chi connectivity index (χ1) is 4.72. The maximum atomic E-state index is 11.2. The number of hydrogen-bond donors (Lipinski definition) is 1. The van der Waals surface area contributed by atoms with Crippen LogP contribution in [0.1, 0.15) is 13.8 Å². The van der Waals surface area contributed by atoms with E-state index in [2.05, 4.69) is 0 Å². The fraction of sp³-hybridized carbons (Fsp3) is 0.667. The van der Waals surface area contributed by atoms with Gasteiger partial charge in [0.2, 0.25) is 3.79 Å². The Morgan fingerprint density at radius 2 is 1.73 bits per heavy atom. The van der Waals surface area contributed by atoms with Crippen LogP contribution in [0.2, 0.25) is 0 Å². The molecule has 0 spiro atoms. The second-order valence-electron chi connectivity index (χ2n) is 2.69. The Bertz CT molecular complexity index is 183. The van der Waals surface area contributed by atoms with Crippen LogP contribution >= 0.6 is 34.8 Å². The number of ketones is 1. The number of nitrogens with one attached hydrogen (secondary N) is 1. The van der Waals surface area contributed by atoms with Gasteiger partial charge in [0.1, 0.15) is 0 Å². The highest BCUT2D eigenvalue weighted by atomic mass is 35.6. The summed E-state index contributed by atoms with van der Waals surface area (Å²) in [6.45, 7) is 3.04. The van der Waals surface area contributed by atoms with Crippen LogP contribution in [-0.2, 0) is 4.79 Å². The van der Waals surface area contributed by atoms with Crippen LogP contribution < -0.4 is 0 Å². The van der Waals surface area contributed by atoms with Crippen molar-refractivity contribution in [2.45, 2.75) is 17.6 Å². The minimum atomic E-state index is -1.93. The van der Waals surface area contributed by atoms with Crippen molar-refractivity contribution in [2.24, 2.45) is 5.41 Å². The Morgan fingerprint density at radius 1 is 1.36 bits per heavy atom. The third-order valence-corrected chi connectivity index (χ3v) is 1.72. The summed E-state index contributed by atoms with van der Waals surface area (Å²) < 4.78 is -1.93. The Balaban J connectivity index is 4.63. The molecule has 0 atom stereocenters. The summed E-state index contributed by atoms with van der Waals surface area (Å²) in [5.74, 6) is -0.593. The topological polar surface area (TPSA) is 40.9 Å². The molecule has 0 amide bonds. The van der Waals surface area contributed by atoms with Crippen LogP contribution in [-0.4, -0.2) is 15.8 Å². The number of Topliss-reactive ketones (excluding diaryl/α,β-unsaturated/α-hetero) is 1. The van der Waals surface area contributed by atoms with E-state index in [1.807, 2.05) is 0 Å². The van der Waals surface area contributed by atoms with Gasteiger partial charge in [-0.25, -0.2) is 0 Å². The van der Waals surface area contributed by atoms with Crippen LogP contribution in [0, 0.1) is 10.8 Å². The maximum Gasteiger partial charge on any atom is 0.249 e. The highest BCUT2D eigenvalue weighted by Crippen LogP contribution is 2.34. The van der Waals surface area contributed by atoms with Crippen molar-refractivity contribution in [1.82, 2.24) is 0 Å². The minimum absolute atomic E-state index is 0.593. The smallest absolute Gasteiger partial charge is 0.249 e. The van der Waals surface area contributed by atoms with E-state index >= 15 is 0 Å². The molecule has 0 heterocycles. The molecule has 0 aromatic heterocycles. The molecule has 0 aliphatic rings. The molecule has 0 aromatic rings. The molecule has 0 aromatic carbocycles. The quantitative estimate of drug-likeness (QED) is 0.559. The summed E-state index contributed by atoms with van der Waals surface area (Å²) in [5.41, 5.74) is -1.01. The van der Waals surface area contributed by atoms with Crippen LogP contribution in [0.25, 0.3) is 0 Å². The SMILES string of the molecule is CC(C)(C=N)C(=O)C(Cl)(Cl)Cl. The van der Waals surface area contributed by atoms with Crippen LogP contribution in [0.4, 0.5) is 0 Å². The molecule has 0 radical (unpaired) electrons. The zero-order chi connectivity index (χ0) is 9.28. The Hall–Kier alpha value is 0.210. The fourth-order valence-corrected chi connectivity index (χ4v) is 1.16. The summed E-state index contributed by atoms with van der Waals surface area (Å²) in [4.78, 5) is 11.2. The minimum Gasteiger partial charge on any atom is -0.312 e. The number of carbonyl (C=O) groups excluding carboxylic acids is 1. The zero-order valence-corrected chi connectivity index (χ0v) is 8.39. The van der Waals surface area contributed by atoms with E-state index in [0.29, 0.717) is 0 Å². The molecule has 64 valence electrons. The third kappa shape index (κ3) is 2.97. The third-order valence-electron chi connectivity index (χ3n) is 1.20. The fourth-order valence-electron chi connectivity index (χ4n) is 0.431. The Morgan fingerprint density at radius 3 is 1.82 bits per heavy atom. The van der Waals surface area contributed by atoms with Crippen molar-refractivity contribution in [2.75, 3.05) is 0 Å². The van der Waals surface area contributed by atoms with Gasteiger partial charge in [0, 0.05) is 6.21 Å². The first-order valence-electron chi connectivity index (χ1n) is 2.85. The van der Waals surface area contributed by atoms with E-state index < -0.39 is 15.0 Å². The first-order valence-corrected chi connectivity index (χ1v) is 3.98. The number of hydrogen-bond acceptors (Lipinski definition) is 2. The Kier molecular flexibility index (Phi) is 3.36. The lowest BCUT2D eigenvalue weighted by molar-refractivity contribution is -0.123. The van der Waals surface area contributed by atoms with Gasteiger partial charge in [-0.3, -0.25) is 4.79 Å². The first kappa shape index (κ1) is 11.2. The number of alkyl halides is 3. The molecule has 0 fully saturated rings. The van der Waals surface area contributed by atoms with Crippen molar-refractivity contribution in [3.05, 3.63) is 0 Å². The molecular weight excluding hydrogens is 208 g/mol. The van der Waals surface area contributed by atoms with Gasteiger partial charge < -0.3 is 5.41 Å². The maximum absolute atomic E-state index is 11.2. The molecular formula is C6H8Cl3NO. The van der Waals surface area contributed by atoms with E-state index in [-0.39, 0.29) is 0 Å². The second-order valence-corrected chi connectivity index (χ2v) is 4.97. The van der Waals surface area contributed by atoms with Gasteiger partial charge >= 0.3 is 0 Å². The van der Waals surface area contributed by atoms with Crippen molar-refractivity contribution in [3.8, 4) is 0 Å². The monoisotopic (exact) mass is 215 g/mol. The molecule has 0 saturated carbocycles. The van der Waals surface area contributed by atoms with E-state index in [0.717, 1.165) is 6.21 Å². The van der Waals surface area contributed by atoms with Gasteiger partial charge in [0.05, 0.1) is 5.41 Å². The molecule has 0 aliphatic carbocycles. The molecule has 0 saturated heterocycles. The van der Waals surface area contributed by atoms with Crippen molar-refractivity contribution in [3.63, 3.8) is 0 Å². The molecule has 1 N–H and O–H groups in total. The lowest BCUT2D eigenvalue weighted by atomic mass is 9.90. The van der Waals surface area contributed by atoms with Gasteiger partial charge in [0.15, 0.2) is 5.78 Å². The highest BCUT2D eigenvalue weighted by molar-refractivity contribution is 6.76. The molecule has 5 heteroatoms. The van der Waals surface area contributed by atoms with Crippen LogP contribution in [0.5, 0.6) is 0 Å². The van der Waals surface area contributed by atoms with Crippen LogP contribution in [0.3, 0.4) is 0 Å². The van der Waals surface area contributed by atoms with Crippen molar-refractivity contribution in [1.29, 1.82) is 5.41 Å². The summed E-state index contributed by atoms with van der Waals surface area (Å²) in [5, 5.41) is 6.89. The summed E-state index contributed by atoms with van der Waals surface area (Å²) in [6.07, 6.45) is 0.956. The van der Waals surface area contributed by atoms with Gasteiger partial charge in [-0.15, -0.1) is 0 Å². The predicted octanol–water partition coefficient (Wildman–Crippen LogP) is 2.60. The lowest BCUT2D eigenvalue weighted by Gasteiger charge is -2.21. The summed E-state index contributed by atoms with van der Waals surface area (Å²) >= 11 is 16.0. The molecule has 0 bridgehead atoms. The average molecular weight is 216 g/mol. The Labute approximate surface area is 80.3 Å². The number of carbonyl (C=O) groups is 1. The molecule has 11 heavy (non-hydrogen) atoms. The normalized spacial score (nSPS) is 12.8. The number of rotatable bonds is 2. The van der Waals surface area contributed by atoms with Gasteiger partial charge in [-0.05, 0) is 13.8 Å². The van der Waals surface area contributed by atoms with E-state index in [4.69, 9.17) is 40.2 Å². The average Bonchev–Trinajstić information content (AvgIpc) is 1.84. The molecule has 0 rings (SSSR count). The molecule has 0 unspecified atom stereocenters. The number of halogens is 3. The summed E-state index contributed by atoms with van der Waals surface area (Å²) in [7, 11) is 0. The van der Waals surface area contributed by atoms with E-state index in [1.54, 1.807) is 0 Å². The van der Waals surface area contributed by atoms with Gasteiger partial charge in [0.25, 0.3) is 0 Å². The second kappa shape index (κ2) is 3.30. The van der Waals surface area contributed by atoms with E-state index in [1.165, 1.54) is 13.8 Å². The van der Waals surface area contributed by atoms with Gasteiger partial charge in [-0.1, -0.05) is 34.8 Å². The largest absolute Gasteiger partial charge is 0.312 e. The van der Waals surface area contributed by atoms with Crippen LogP contribution in [0.15, 0.2) is 0 Å². The van der Waals surface area contributed by atoms with Crippen molar-refractivity contribution >= 4 is 46.8 Å². The standard InChI is InChI=1S/C6H8Cl3NO/c1-5(2,3-10)4(11)6(7,8)9/h3,10H,1-2H3. The molecule has 0 aliphatic heterocycles. The lowest BCUT2D eigenvalue weighted by Crippen LogP contribution is -2.35. The van der Waals surface area contributed by atoms with E-state index in [9.17, 15) is 4.79 Å². The summed E-state index contributed by atoms with van der Waals surface area (Å²) in [6, 6.07) is 0.